The number of piperidine rings is 1. The lowest BCUT2D eigenvalue weighted by molar-refractivity contribution is -0.148. The van der Waals surface area contributed by atoms with E-state index >= 15 is 0 Å². The molecule has 3 rings (SSSR count). The van der Waals surface area contributed by atoms with Crippen LogP contribution in [0.1, 0.15) is 38.5 Å². The van der Waals surface area contributed by atoms with Gasteiger partial charge in [0.2, 0.25) is 5.91 Å². The zero-order valence-corrected chi connectivity index (χ0v) is 11.0. The van der Waals surface area contributed by atoms with Gasteiger partial charge in [0, 0.05) is 19.0 Å². The van der Waals surface area contributed by atoms with Crippen molar-refractivity contribution in [3.05, 3.63) is 0 Å². The van der Waals surface area contributed by atoms with Gasteiger partial charge in [-0.25, -0.2) is 0 Å². The van der Waals surface area contributed by atoms with E-state index in [0.717, 1.165) is 25.7 Å². The van der Waals surface area contributed by atoms with Crippen LogP contribution in [0.25, 0.3) is 0 Å². The highest BCUT2D eigenvalue weighted by Gasteiger charge is 2.52. The van der Waals surface area contributed by atoms with E-state index in [0.29, 0.717) is 25.9 Å². The van der Waals surface area contributed by atoms with Crippen molar-refractivity contribution in [2.24, 2.45) is 17.8 Å². The summed E-state index contributed by atoms with van der Waals surface area (Å²) in [4.78, 5) is 24.9. The van der Waals surface area contributed by atoms with E-state index in [1.165, 1.54) is 0 Å². The topological polar surface area (TPSA) is 77.8 Å². The summed E-state index contributed by atoms with van der Waals surface area (Å²) < 4.78 is 0. The fourth-order valence-corrected chi connectivity index (χ4v) is 3.75. The molecule has 2 N–H and O–H groups in total. The third-order valence-electron chi connectivity index (χ3n) is 5.16. The van der Waals surface area contributed by atoms with Crippen LogP contribution in [0, 0.1) is 17.8 Å². The zero-order chi connectivity index (χ0) is 13.6. The number of likely N-dealkylation sites (tertiary alicyclic amines) is 1. The largest absolute Gasteiger partial charge is 0.481 e. The number of rotatable bonds is 2. The zero-order valence-electron chi connectivity index (χ0n) is 11.0. The van der Waals surface area contributed by atoms with E-state index in [2.05, 4.69) is 0 Å². The Morgan fingerprint density at radius 3 is 2.63 bits per heavy atom. The third kappa shape index (κ3) is 2.24. The molecule has 5 heteroatoms. The molecule has 19 heavy (non-hydrogen) atoms. The van der Waals surface area contributed by atoms with Gasteiger partial charge in [-0.05, 0) is 25.7 Å². The van der Waals surface area contributed by atoms with Crippen molar-refractivity contribution in [1.29, 1.82) is 0 Å². The Balaban J connectivity index is 1.62. The molecule has 0 aromatic rings. The number of hydrogen-bond acceptors (Lipinski definition) is 3. The second-order valence-electron chi connectivity index (χ2n) is 6.37. The number of carbonyl (C=O) groups excluding carboxylic acids is 1. The maximum absolute atomic E-state index is 12.2. The predicted octanol–water partition coefficient (Wildman–Crippen LogP) is 0.861. The van der Waals surface area contributed by atoms with Crippen molar-refractivity contribution in [2.75, 3.05) is 13.1 Å². The summed E-state index contributed by atoms with van der Waals surface area (Å²) in [5, 5.41) is 19.4. The lowest BCUT2D eigenvalue weighted by atomic mass is 9.71. The second kappa shape index (κ2) is 4.47. The van der Waals surface area contributed by atoms with Gasteiger partial charge in [0.1, 0.15) is 0 Å². The van der Waals surface area contributed by atoms with E-state index in [1.807, 2.05) is 0 Å². The van der Waals surface area contributed by atoms with Crippen molar-refractivity contribution < 1.29 is 19.8 Å². The molecule has 5 nitrogen and oxygen atoms in total. The standard InChI is InChI=1S/C14H21NO4/c16-12(10-7-11(10)13(17)18)15-6-5-14(19)4-2-1-3-9(14)8-15/h9-11,19H,1-8H2,(H,17,18). The Morgan fingerprint density at radius 1 is 1.16 bits per heavy atom. The van der Waals surface area contributed by atoms with E-state index in [9.17, 15) is 14.7 Å². The van der Waals surface area contributed by atoms with Gasteiger partial charge < -0.3 is 15.1 Å². The molecular formula is C14H21NO4. The van der Waals surface area contributed by atoms with E-state index in [-0.39, 0.29) is 17.7 Å². The minimum Gasteiger partial charge on any atom is -0.481 e. The predicted molar refractivity (Wildman–Crippen MR) is 67.3 cm³/mol. The van der Waals surface area contributed by atoms with Gasteiger partial charge in [0.05, 0.1) is 17.4 Å². The number of carboxylic acids is 1. The maximum atomic E-state index is 12.2. The first kappa shape index (κ1) is 12.9. The van der Waals surface area contributed by atoms with Gasteiger partial charge >= 0.3 is 5.97 Å². The fraction of sp³-hybridized carbons (Fsp3) is 0.857. The number of nitrogens with zero attached hydrogens (tertiary/aromatic N) is 1. The second-order valence-corrected chi connectivity index (χ2v) is 6.37. The molecule has 3 aliphatic rings. The van der Waals surface area contributed by atoms with Crippen LogP contribution in [0.2, 0.25) is 0 Å². The summed E-state index contributed by atoms with van der Waals surface area (Å²) >= 11 is 0. The first-order chi connectivity index (χ1) is 9.01. The average Bonchev–Trinajstić information content (AvgIpc) is 3.17. The number of hydrogen-bond donors (Lipinski definition) is 2. The summed E-state index contributed by atoms with van der Waals surface area (Å²) in [7, 11) is 0. The molecule has 106 valence electrons. The van der Waals surface area contributed by atoms with Crippen LogP contribution in [-0.2, 0) is 9.59 Å². The number of aliphatic hydroxyl groups is 1. The monoisotopic (exact) mass is 267 g/mol. The maximum Gasteiger partial charge on any atom is 0.307 e. The van der Waals surface area contributed by atoms with Gasteiger partial charge in [0.15, 0.2) is 0 Å². The van der Waals surface area contributed by atoms with Crippen LogP contribution >= 0.6 is 0 Å². The molecule has 1 aliphatic heterocycles. The highest BCUT2D eigenvalue weighted by Crippen LogP contribution is 2.44. The van der Waals surface area contributed by atoms with Crippen molar-refractivity contribution in [3.63, 3.8) is 0 Å². The molecule has 4 atom stereocenters. The van der Waals surface area contributed by atoms with Crippen molar-refractivity contribution in [1.82, 2.24) is 4.90 Å². The summed E-state index contributed by atoms with van der Waals surface area (Å²) in [6, 6.07) is 0. The molecule has 3 fully saturated rings. The summed E-state index contributed by atoms with van der Waals surface area (Å²) in [5.74, 6) is -1.47. The van der Waals surface area contributed by atoms with Crippen molar-refractivity contribution in [3.8, 4) is 0 Å². The Labute approximate surface area is 112 Å². The summed E-state index contributed by atoms with van der Waals surface area (Å²) in [6.07, 6.45) is 5.16. The van der Waals surface area contributed by atoms with Gasteiger partial charge in [-0.1, -0.05) is 12.8 Å². The van der Waals surface area contributed by atoms with Crippen LogP contribution in [0.4, 0.5) is 0 Å². The first-order valence-corrected chi connectivity index (χ1v) is 7.25. The number of carbonyl (C=O) groups is 2. The van der Waals surface area contributed by atoms with Gasteiger partial charge in [-0.15, -0.1) is 0 Å². The molecule has 1 amide bonds. The van der Waals surface area contributed by atoms with E-state index < -0.39 is 17.5 Å². The van der Waals surface area contributed by atoms with Crippen molar-refractivity contribution >= 4 is 11.9 Å². The van der Waals surface area contributed by atoms with Crippen molar-refractivity contribution in [2.45, 2.75) is 44.1 Å². The Bertz CT molecular complexity index is 410. The molecule has 2 saturated carbocycles. The summed E-state index contributed by atoms with van der Waals surface area (Å²) in [6.45, 7) is 1.19. The van der Waals surface area contributed by atoms with Crippen LogP contribution in [-0.4, -0.2) is 45.7 Å². The van der Waals surface area contributed by atoms with Gasteiger partial charge in [-0.2, -0.15) is 0 Å². The van der Waals surface area contributed by atoms with Crippen LogP contribution in [0.15, 0.2) is 0 Å². The quantitative estimate of drug-likeness (QED) is 0.778. The Morgan fingerprint density at radius 2 is 1.95 bits per heavy atom. The molecule has 1 saturated heterocycles. The summed E-state index contributed by atoms with van der Waals surface area (Å²) in [5.41, 5.74) is -0.579. The molecule has 2 aliphatic carbocycles. The molecule has 4 unspecified atom stereocenters. The number of carboxylic acid groups (broad SMARTS) is 1. The minimum atomic E-state index is -0.857. The number of fused-ring (bicyclic) bond motifs is 1. The van der Waals surface area contributed by atoms with E-state index in [1.54, 1.807) is 4.90 Å². The SMILES string of the molecule is O=C(O)C1CC1C(=O)N1CCC2(O)CCCCC2C1. The normalized spacial score (nSPS) is 41.5. The molecule has 0 bridgehead atoms. The molecule has 0 radical (unpaired) electrons. The molecule has 1 heterocycles. The smallest absolute Gasteiger partial charge is 0.307 e. The average molecular weight is 267 g/mol. The number of amides is 1. The van der Waals surface area contributed by atoms with E-state index in [4.69, 9.17) is 5.11 Å². The molecular weight excluding hydrogens is 246 g/mol. The molecule has 0 aromatic carbocycles. The molecule has 0 aromatic heterocycles. The lowest BCUT2D eigenvalue weighted by Gasteiger charge is -2.47. The van der Waals surface area contributed by atoms with Gasteiger partial charge in [0.25, 0.3) is 0 Å². The fourth-order valence-electron chi connectivity index (χ4n) is 3.75. The Kier molecular flexibility index (Phi) is 3.04. The Hall–Kier alpha value is -1.10. The van der Waals surface area contributed by atoms with Crippen LogP contribution < -0.4 is 0 Å². The van der Waals surface area contributed by atoms with Crippen LogP contribution in [0.3, 0.4) is 0 Å². The highest BCUT2D eigenvalue weighted by atomic mass is 16.4. The van der Waals surface area contributed by atoms with Crippen LogP contribution in [0.5, 0.6) is 0 Å². The number of aliphatic carboxylic acids is 1. The molecule has 0 spiro atoms. The lowest BCUT2D eigenvalue weighted by Crippen LogP contribution is -2.55. The third-order valence-corrected chi connectivity index (χ3v) is 5.16. The van der Waals surface area contributed by atoms with Gasteiger partial charge in [-0.3, -0.25) is 9.59 Å². The first-order valence-electron chi connectivity index (χ1n) is 7.25. The highest BCUT2D eigenvalue weighted by molar-refractivity contribution is 5.89. The minimum absolute atomic E-state index is 0.0139.